The van der Waals surface area contributed by atoms with E-state index in [2.05, 4.69) is 83.9 Å². The van der Waals surface area contributed by atoms with E-state index in [0.717, 1.165) is 35.4 Å². The predicted molar refractivity (Wildman–Crippen MR) is 166 cm³/mol. The maximum atomic E-state index is 4.44. The van der Waals surface area contributed by atoms with Gasteiger partial charge >= 0.3 is 0 Å². The fourth-order valence-corrected chi connectivity index (χ4v) is 4.22. The van der Waals surface area contributed by atoms with Gasteiger partial charge in [0.2, 0.25) is 0 Å². The molecule has 2 rings (SSSR count). The standard InChI is InChI=1S/C36H48N2/c1-3-5-7-9-11-13-15-17-19-23-33-27-29-35(37-31-33)25-21-22-26-36-30-28-34(32-38-36)24-20-18-16-14-12-10-8-6-4-2/h19-20,23-24,27-32H,3-18H2,1-2H3/b23-19+,24-20+. The van der Waals surface area contributed by atoms with Gasteiger partial charge in [0.25, 0.3) is 0 Å². The summed E-state index contributed by atoms with van der Waals surface area (Å²) >= 11 is 0. The van der Waals surface area contributed by atoms with Gasteiger partial charge in [-0.05, 0) is 72.6 Å². The van der Waals surface area contributed by atoms with Crippen LogP contribution in [0.2, 0.25) is 0 Å². The molecular weight excluding hydrogens is 460 g/mol. The highest BCUT2D eigenvalue weighted by molar-refractivity contribution is 5.50. The van der Waals surface area contributed by atoms with E-state index in [1.165, 1.54) is 89.9 Å². The van der Waals surface area contributed by atoms with Crippen LogP contribution in [0.5, 0.6) is 0 Å². The molecule has 0 atom stereocenters. The smallest absolute Gasteiger partial charge is 0.114 e. The van der Waals surface area contributed by atoms with E-state index in [-0.39, 0.29) is 0 Å². The minimum Gasteiger partial charge on any atom is -0.247 e. The first-order valence-corrected chi connectivity index (χ1v) is 15.1. The van der Waals surface area contributed by atoms with Gasteiger partial charge in [0.05, 0.1) is 0 Å². The number of unbranched alkanes of at least 4 members (excludes halogenated alkanes) is 14. The van der Waals surface area contributed by atoms with Crippen LogP contribution in [0.3, 0.4) is 0 Å². The Balaban J connectivity index is 1.65. The monoisotopic (exact) mass is 508 g/mol. The Morgan fingerprint density at radius 2 is 0.921 bits per heavy atom. The third-order valence-electron chi connectivity index (χ3n) is 6.59. The van der Waals surface area contributed by atoms with Crippen molar-refractivity contribution in [3.63, 3.8) is 0 Å². The van der Waals surface area contributed by atoms with Gasteiger partial charge in [0, 0.05) is 12.4 Å². The van der Waals surface area contributed by atoms with E-state index in [1.807, 2.05) is 24.5 Å². The van der Waals surface area contributed by atoms with Crippen molar-refractivity contribution in [1.29, 1.82) is 0 Å². The Hall–Kier alpha value is -3.10. The molecule has 0 N–H and O–H groups in total. The molecule has 202 valence electrons. The molecule has 2 aromatic heterocycles. The lowest BCUT2D eigenvalue weighted by atomic mass is 10.1. The normalized spacial score (nSPS) is 10.9. The summed E-state index contributed by atoms with van der Waals surface area (Å²) in [6.45, 7) is 4.53. The van der Waals surface area contributed by atoms with Crippen LogP contribution in [0.4, 0.5) is 0 Å². The average Bonchev–Trinajstić information content (AvgIpc) is 2.95. The highest BCUT2D eigenvalue weighted by Gasteiger charge is 1.93. The Labute approximate surface area is 233 Å². The van der Waals surface area contributed by atoms with Gasteiger partial charge in [-0.15, -0.1) is 0 Å². The fraction of sp³-hybridized carbons (Fsp3) is 0.500. The third-order valence-corrected chi connectivity index (χ3v) is 6.59. The number of rotatable bonds is 18. The molecule has 0 radical (unpaired) electrons. The second-order valence-corrected chi connectivity index (χ2v) is 10.1. The molecule has 0 aliphatic rings. The van der Waals surface area contributed by atoms with Crippen LogP contribution in [0.15, 0.2) is 48.8 Å². The number of hydrogen-bond donors (Lipinski definition) is 0. The number of aromatic nitrogens is 2. The van der Waals surface area contributed by atoms with Crippen LogP contribution in [0, 0.1) is 23.7 Å². The first-order valence-electron chi connectivity index (χ1n) is 15.1. The highest BCUT2D eigenvalue weighted by Crippen LogP contribution is 2.11. The summed E-state index contributed by atoms with van der Waals surface area (Å²) in [6.07, 6.45) is 33.7. The molecule has 0 fully saturated rings. The maximum absolute atomic E-state index is 4.44. The van der Waals surface area contributed by atoms with E-state index in [4.69, 9.17) is 0 Å². The van der Waals surface area contributed by atoms with E-state index in [0.29, 0.717) is 0 Å². The van der Waals surface area contributed by atoms with Gasteiger partial charge in [-0.1, -0.05) is 127 Å². The largest absolute Gasteiger partial charge is 0.247 e. The zero-order valence-corrected chi connectivity index (χ0v) is 24.0. The topological polar surface area (TPSA) is 25.8 Å². The quantitative estimate of drug-likeness (QED) is 0.148. The summed E-state index contributed by atoms with van der Waals surface area (Å²) in [5, 5.41) is 0. The summed E-state index contributed by atoms with van der Waals surface area (Å²) < 4.78 is 0. The molecule has 0 saturated heterocycles. The molecule has 0 aliphatic carbocycles. The van der Waals surface area contributed by atoms with Crippen LogP contribution in [0.1, 0.15) is 139 Å². The Kier molecular flexibility index (Phi) is 18.0. The second-order valence-electron chi connectivity index (χ2n) is 10.1. The van der Waals surface area contributed by atoms with Crippen molar-refractivity contribution >= 4 is 12.2 Å². The molecule has 0 spiro atoms. The average molecular weight is 509 g/mol. The molecule has 0 aromatic carbocycles. The molecule has 2 nitrogen and oxygen atoms in total. The maximum Gasteiger partial charge on any atom is 0.114 e. The predicted octanol–water partition coefficient (Wildman–Crippen LogP) is 10.2. The fourth-order valence-electron chi connectivity index (χ4n) is 4.22. The van der Waals surface area contributed by atoms with Crippen LogP contribution >= 0.6 is 0 Å². The number of allylic oxidation sites excluding steroid dienone is 2. The lowest BCUT2D eigenvalue weighted by Crippen LogP contribution is -1.83. The van der Waals surface area contributed by atoms with E-state index in [1.54, 1.807) is 0 Å². The van der Waals surface area contributed by atoms with Gasteiger partial charge in [-0.3, -0.25) is 0 Å². The van der Waals surface area contributed by atoms with Gasteiger partial charge in [-0.25, -0.2) is 9.97 Å². The molecule has 2 aromatic rings. The van der Waals surface area contributed by atoms with E-state index in [9.17, 15) is 0 Å². The van der Waals surface area contributed by atoms with Crippen molar-refractivity contribution in [2.45, 2.75) is 117 Å². The zero-order chi connectivity index (χ0) is 26.9. The summed E-state index contributed by atoms with van der Waals surface area (Å²) in [5.41, 5.74) is 3.70. The van der Waals surface area contributed by atoms with Crippen molar-refractivity contribution in [3.8, 4) is 23.7 Å². The molecule has 0 bridgehead atoms. The molecule has 0 unspecified atom stereocenters. The van der Waals surface area contributed by atoms with Gasteiger partial charge in [0.1, 0.15) is 11.4 Å². The molecule has 2 heteroatoms. The molecule has 0 saturated carbocycles. The lowest BCUT2D eigenvalue weighted by Gasteiger charge is -1.99. The minimum atomic E-state index is 0.734. The van der Waals surface area contributed by atoms with Gasteiger partial charge in [-0.2, -0.15) is 0 Å². The Morgan fingerprint density at radius 3 is 1.29 bits per heavy atom. The molecule has 0 aliphatic heterocycles. The summed E-state index contributed by atoms with van der Waals surface area (Å²) in [4.78, 5) is 8.88. The van der Waals surface area contributed by atoms with Crippen molar-refractivity contribution in [3.05, 3.63) is 71.3 Å². The van der Waals surface area contributed by atoms with Crippen molar-refractivity contribution < 1.29 is 0 Å². The van der Waals surface area contributed by atoms with Crippen LogP contribution in [-0.4, -0.2) is 9.97 Å². The van der Waals surface area contributed by atoms with E-state index < -0.39 is 0 Å². The molecular formula is C36H48N2. The SMILES string of the molecule is CCCCCCCCC/C=C/c1ccc(C#CC#Cc2ccc(/C=C/CCCCCCCCC)cn2)nc1. The first-order chi connectivity index (χ1) is 18.8. The van der Waals surface area contributed by atoms with Crippen molar-refractivity contribution in [2.24, 2.45) is 0 Å². The Bertz CT molecular complexity index is 949. The first kappa shape index (κ1) is 31.1. The van der Waals surface area contributed by atoms with E-state index >= 15 is 0 Å². The van der Waals surface area contributed by atoms with Crippen molar-refractivity contribution in [2.75, 3.05) is 0 Å². The van der Waals surface area contributed by atoms with Crippen LogP contribution in [0.25, 0.3) is 12.2 Å². The number of pyridine rings is 2. The van der Waals surface area contributed by atoms with Gasteiger partial charge < -0.3 is 0 Å². The lowest BCUT2D eigenvalue weighted by molar-refractivity contribution is 0.592. The minimum absolute atomic E-state index is 0.734. The van der Waals surface area contributed by atoms with Crippen LogP contribution in [-0.2, 0) is 0 Å². The highest BCUT2D eigenvalue weighted by atomic mass is 14.7. The summed E-state index contributed by atoms with van der Waals surface area (Å²) in [5.74, 6) is 11.8. The number of hydrogen-bond acceptors (Lipinski definition) is 2. The molecule has 2 heterocycles. The zero-order valence-electron chi connectivity index (χ0n) is 24.0. The summed E-state index contributed by atoms with van der Waals surface area (Å²) in [6, 6.07) is 8.03. The van der Waals surface area contributed by atoms with Gasteiger partial charge in [0.15, 0.2) is 0 Å². The molecule has 38 heavy (non-hydrogen) atoms. The van der Waals surface area contributed by atoms with Crippen molar-refractivity contribution in [1.82, 2.24) is 9.97 Å². The molecule has 0 amide bonds. The third kappa shape index (κ3) is 15.9. The van der Waals surface area contributed by atoms with Crippen LogP contribution < -0.4 is 0 Å². The summed E-state index contributed by atoms with van der Waals surface area (Å²) in [7, 11) is 0. The Morgan fingerprint density at radius 1 is 0.526 bits per heavy atom. The second kappa shape index (κ2) is 21.9. The number of nitrogens with zero attached hydrogens (tertiary/aromatic N) is 2.